The van der Waals surface area contributed by atoms with Gasteiger partial charge in [-0.25, -0.2) is 0 Å². The molecule has 1 aromatic carbocycles. The minimum Gasteiger partial charge on any atom is -0.481 e. The maximum absolute atomic E-state index is 11.3. The summed E-state index contributed by atoms with van der Waals surface area (Å²) in [5, 5.41) is 18.4. The number of rotatable bonds is 3. The van der Waals surface area contributed by atoms with Crippen molar-refractivity contribution in [3.63, 3.8) is 0 Å². The Kier molecular flexibility index (Phi) is 3.32. The van der Waals surface area contributed by atoms with E-state index >= 15 is 0 Å². The summed E-state index contributed by atoms with van der Waals surface area (Å²) >= 11 is 0. The van der Waals surface area contributed by atoms with Crippen molar-refractivity contribution in [2.24, 2.45) is 11.7 Å². The zero-order valence-corrected chi connectivity index (χ0v) is 10.7. The molecule has 19 heavy (non-hydrogen) atoms. The predicted octanol–water partition coefficient (Wildman–Crippen LogP) is 1.36. The number of nitrogens with two attached hydrogens (primary N) is 1. The first kappa shape index (κ1) is 13.5. The van der Waals surface area contributed by atoms with Gasteiger partial charge < -0.3 is 15.9 Å². The van der Waals surface area contributed by atoms with E-state index in [0.29, 0.717) is 0 Å². The Morgan fingerprint density at radius 1 is 1.21 bits per heavy atom. The van der Waals surface area contributed by atoms with E-state index in [-0.39, 0.29) is 18.8 Å². The monoisotopic (exact) mass is 263 g/mol. The fourth-order valence-corrected chi connectivity index (χ4v) is 2.75. The maximum atomic E-state index is 11.3. The Morgan fingerprint density at radius 2 is 1.79 bits per heavy atom. The Balaban J connectivity index is 2.35. The van der Waals surface area contributed by atoms with Crippen molar-refractivity contribution < 1.29 is 19.8 Å². The highest BCUT2D eigenvalue weighted by molar-refractivity contribution is 5.82. The number of hydrogen-bond acceptors (Lipinski definition) is 3. The zero-order valence-electron chi connectivity index (χ0n) is 10.7. The van der Waals surface area contributed by atoms with Crippen molar-refractivity contribution in [1.29, 1.82) is 0 Å². The fourth-order valence-electron chi connectivity index (χ4n) is 2.75. The molecular formula is C14H17NO4. The van der Waals surface area contributed by atoms with Gasteiger partial charge in [-0.15, -0.1) is 0 Å². The van der Waals surface area contributed by atoms with Crippen molar-refractivity contribution in [2.45, 2.75) is 31.2 Å². The number of benzene rings is 1. The van der Waals surface area contributed by atoms with Gasteiger partial charge in [-0.05, 0) is 31.2 Å². The first-order valence-corrected chi connectivity index (χ1v) is 6.15. The van der Waals surface area contributed by atoms with Crippen LogP contribution in [0.3, 0.4) is 0 Å². The second kappa shape index (κ2) is 4.66. The highest BCUT2D eigenvalue weighted by atomic mass is 16.4. The average Bonchev–Trinajstić information content (AvgIpc) is 2.70. The van der Waals surface area contributed by atoms with Crippen molar-refractivity contribution in [2.75, 3.05) is 0 Å². The van der Waals surface area contributed by atoms with E-state index in [0.717, 1.165) is 11.1 Å². The van der Waals surface area contributed by atoms with E-state index in [1.165, 1.54) is 0 Å². The van der Waals surface area contributed by atoms with Gasteiger partial charge in [0, 0.05) is 0 Å². The molecule has 0 radical (unpaired) electrons. The van der Waals surface area contributed by atoms with Gasteiger partial charge in [0.1, 0.15) is 5.54 Å². The van der Waals surface area contributed by atoms with Crippen LogP contribution in [0, 0.1) is 12.8 Å². The number of hydrogen-bond donors (Lipinski definition) is 3. The van der Waals surface area contributed by atoms with Crippen LogP contribution in [0.5, 0.6) is 0 Å². The molecule has 2 rings (SSSR count). The van der Waals surface area contributed by atoms with Crippen molar-refractivity contribution >= 4 is 11.9 Å². The van der Waals surface area contributed by atoms with Crippen LogP contribution in [0.1, 0.15) is 29.9 Å². The first-order valence-electron chi connectivity index (χ1n) is 6.15. The summed E-state index contributed by atoms with van der Waals surface area (Å²) in [6, 6.07) is 7.49. The molecule has 0 unspecified atom stereocenters. The minimum absolute atomic E-state index is 0.0315. The van der Waals surface area contributed by atoms with E-state index in [2.05, 4.69) is 0 Å². The van der Waals surface area contributed by atoms with E-state index in [1.54, 1.807) is 0 Å². The number of aryl methyl sites for hydroxylation is 1. The average molecular weight is 263 g/mol. The second-order valence-electron chi connectivity index (χ2n) is 5.33. The Bertz CT molecular complexity index is 511. The molecule has 1 aliphatic carbocycles. The maximum Gasteiger partial charge on any atom is 0.323 e. The summed E-state index contributed by atoms with van der Waals surface area (Å²) in [6.07, 6.45) is 0.124. The molecule has 1 aliphatic rings. The second-order valence-corrected chi connectivity index (χ2v) is 5.33. The largest absolute Gasteiger partial charge is 0.481 e. The van der Waals surface area contributed by atoms with Gasteiger partial charge in [0.15, 0.2) is 0 Å². The van der Waals surface area contributed by atoms with Gasteiger partial charge in [0.05, 0.1) is 5.92 Å². The molecule has 1 aromatic rings. The first-order chi connectivity index (χ1) is 8.83. The lowest BCUT2D eigenvalue weighted by Crippen LogP contribution is -2.45. The smallest absolute Gasteiger partial charge is 0.323 e. The third-order valence-electron chi connectivity index (χ3n) is 3.90. The highest BCUT2D eigenvalue weighted by Gasteiger charge is 2.51. The van der Waals surface area contributed by atoms with Crippen molar-refractivity contribution in [3.05, 3.63) is 35.4 Å². The summed E-state index contributed by atoms with van der Waals surface area (Å²) in [6.45, 7) is 1.94. The highest BCUT2D eigenvalue weighted by Crippen LogP contribution is 2.44. The number of carbonyl (C=O) groups is 2. The van der Waals surface area contributed by atoms with Crippen LogP contribution < -0.4 is 5.73 Å². The third kappa shape index (κ3) is 2.46. The molecule has 0 bridgehead atoms. The molecule has 1 saturated carbocycles. The normalized spacial score (nSPS) is 30.2. The predicted molar refractivity (Wildman–Crippen MR) is 68.8 cm³/mol. The lowest BCUT2D eigenvalue weighted by molar-refractivity contribution is -0.144. The molecular weight excluding hydrogens is 246 g/mol. The lowest BCUT2D eigenvalue weighted by Gasteiger charge is -2.18. The quantitative estimate of drug-likeness (QED) is 0.764. The summed E-state index contributed by atoms with van der Waals surface area (Å²) in [5.41, 5.74) is 6.29. The molecule has 5 heteroatoms. The molecule has 0 heterocycles. The molecule has 0 amide bonds. The van der Waals surface area contributed by atoms with Crippen LogP contribution in [0.25, 0.3) is 0 Å². The van der Waals surface area contributed by atoms with Gasteiger partial charge >= 0.3 is 11.9 Å². The molecule has 0 aliphatic heterocycles. The third-order valence-corrected chi connectivity index (χ3v) is 3.90. The molecule has 3 atom stereocenters. The summed E-state index contributed by atoms with van der Waals surface area (Å²) in [4.78, 5) is 22.5. The van der Waals surface area contributed by atoms with Crippen molar-refractivity contribution in [3.8, 4) is 0 Å². The number of carboxylic acid groups (broad SMARTS) is 2. The van der Waals surface area contributed by atoms with E-state index < -0.39 is 23.4 Å². The molecule has 4 N–H and O–H groups in total. The SMILES string of the molecule is Cc1ccc([C@@H]2C[C@@](N)(C(=O)O)C[C@H]2C(=O)O)cc1. The van der Waals surface area contributed by atoms with Crippen LogP contribution in [0.2, 0.25) is 0 Å². The van der Waals surface area contributed by atoms with Gasteiger partial charge in [-0.3, -0.25) is 9.59 Å². The molecule has 0 aromatic heterocycles. The fraction of sp³-hybridized carbons (Fsp3) is 0.429. The van der Waals surface area contributed by atoms with Crippen LogP contribution in [-0.2, 0) is 9.59 Å². The lowest BCUT2D eigenvalue weighted by atomic mass is 9.88. The minimum atomic E-state index is -1.45. The molecule has 5 nitrogen and oxygen atoms in total. The Morgan fingerprint density at radius 3 is 2.26 bits per heavy atom. The zero-order chi connectivity index (χ0) is 14.2. The summed E-state index contributed by atoms with van der Waals surface area (Å²) in [7, 11) is 0. The number of aliphatic carboxylic acids is 2. The molecule has 0 spiro atoms. The van der Waals surface area contributed by atoms with Gasteiger partial charge in [0.25, 0.3) is 0 Å². The van der Waals surface area contributed by atoms with Crippen LogP contribution >= 0.6 is 0 Å². The summed E-state index contributed by atoms with van der Waals surface area (Å²) in [5.74, 6) is -3.21. The van der Waals surface area contributed by atoms with Crippen LogP contribution in [-0.4, -0.2) is 27.7 Å². The van der Waals surface area contributed by atoms with E-state index in [9.17, 15) is 14.7 Å². The summed E-state index contributed by atoms with van der Waals surface area (Å²) < 4.78 is 0. The Labute approximate surface area is 111 Å². The Hall–Kier alpha value is -1.88. The molecule has 1 fully saturated rings. The molecule has 102 valence electrons. The van der Waals surface area contributed by atoms with Gasteiger partial charge in [-0.2, -0.15) is 0 Å². The van der Waals surface area contributed by atoms with Gasteiger partial charge in [-0.1, -0.05) is 29.8 Å². The van der Waals surface area contributed by atoms with Crippen LogP contribution in [0.4, 0.5) is 0 Å². The van der Waals surface area contributed by atoms with Crippen LogP contribution in [0.15, 0.2) is 24.3 Å². The van der Waals surface area contributed by atoms with E-state index in [1.807, 2.05) is 31.2 Å². The number of carboxylic acids is 2. The molecule has 0 saturated heterocycles. The van der Waals surface area contributed by atoms with Crippen molar-refractivity contribution in [1.82, 2.24) is 0 Å². The topological polar surface area (TPSA) is 101 Å². The standard InChI is InChI=1S/C14H17NO4/c1-8-2-4-9(5-3-8)10-6-14(15,13(18)19)7-11(10)12(16)17/h2-5,10-11H,6-7,15H2,1H3,(H,16,17)(H,18,19)/t10-,11+,14-/m0/s1. The van der Waals surface area contributed by atoms with E-state index in [4.69, 9.17) is 10.8 Å². The van der Waals surface area contributed by atoms with Gasteiger partial charge in [0.2, 0.25) is 0 Å².